The second-order valence-electron chi connectivity index (χ2n) is 5.79. The van der Waals surface area contributed by atoms with E-state index in [4.69, 9.17) is 14.2 Å². The van der Waals surface area contributed by atoms with Gasteiger partial charge in [-0.1, -0.05) is 0 Å². The summed E-state index contributed by atoms with van der Waals surface area (Å²) in [5.41, 5.74) is 0. The Morgan fingerprint density at radius 1 is 1.04 bits per heavy atom. The summed E-state index contributed by atoms with van der Waals surface area (Å²) in [6.45, 7) is 0.694. The molecule has 0 bridgehead atoms. The van der Waals surface area contributed by atoms with Crippen molar-refractivity contribution in [3.8, 4) is 17.5 Å². The molecule has 26 heavy (non-hydrogen) atoms. The van der Waals surface area contributed by atoms with Crippen molar-refractivity contribution in [2.75, 3.05) is 27.3 Å². The van der Waals surface area contributed by atoms with E-state index in [9.17, 15) is 8.42 Å². The fourth-order valence-electron chi connectivity index (χ4n) is 2.81. The lowest BCUT2D eigenvalue weighted by molar-refractivity contribution is 0.119. The molecule has 1 atom stereocenters. The van der Waals surface area contributed by atoms with Gasteiger partial charge in [0.25, 0.3) is 11.8 Å². The number of piperidine rings is 1. The summed E-state index contributed by atoms with van der Waals surface area (Å²) in [5.74, 6) is 1.16. The van der Waals surface area contributed by atoms with E-state index in [1.54, 1.807) is 24.3 Å². The summed E-state index contributed by atoms with van der Waals surface area (Å²) >= 11 is 0. The second-order valence-corrected chi connectivity index (χ2v) is 7.73. The molecule has 140 valence electrons. The Labute approximate surface area is 152 Å². The molecule has 1 aliphatic heterocycles. The van der Waals surface area contributed by atoms with Crippen molar-refractivity contribution in [1.82, 2.24) is 14.3 Å². The maximum atomic E-state index is 12.9. The lowest BCUT2D eigenvalue weighted by Crippen LogP contribution is -2.44. The SMILES string of the molecule is COc1ccc(S(=O)(=O)N2CCCC(Oc3nccnc3OC)C2)cc1. The van der Waals surface area contributed by atoms with Gasteiger partial charge < -0.3 is 14.2 Å². The molecule has 1 fully saturated rings. The molecule has 0 aliphatic carbocycles. The molecule has 1 aromatic carbocycles. The molecule has 8 nitrogen and oxygen atoms in total. The molecule has 0 spiro atoms. The van der Waals surface area contributed by atoms with E-state index in [-0.39, 0.29) is 29.3 Å². The number of hydrogen-bond donors (Lipinski definition) is 0. The Morgan fingerprint density at radius 2 is 1.73 bits per heavy atom. The average molecular weight is 379 g/mol. The normalized spacial score (nSPS) is 18.3. The molecular formula is C17H21N3O5S. The number of methoxy groups -OCH3 is 2. The molecule has 2 aromatic rings. The number of benzene rings is 1. The minimum absolute atomic E-state index is 0.232. The van der Waals surface area contributed by atoms with Crippen LogP contribution >= 0.6 is 0 Å². The molecule has 1 aromatic heterocycles. The Kier molecular flexibility index (Phi) is 5.58. The molecule has 2 heterocycles. The van der Waals surface area contributed by atoms with Gasteiger partial charge in [-0.05, 0) is 37.1 Å². The molecule has 0 radical (unpaired) electrons. The van der Waals surface area contributed by atoms with Crippen molar-refractivity contribution >= 4 is 10.0 Å². The molecule has 0 saturated carbocycles. The smallest absolute Gasteiger partial charge is 0.278 e. The quantitative estimate of drug-likeness (QED) is 0.755. The molecular weight excluding hydrogens is 358 g/mol. The number of nitrogens with zero attached hydrogens (tertiary/aromatic N) is 3. The van der Waals surface area contributed by atoms with E-state index in [0.717, 1.165) is 6.42 Å². The third kappa shape index (κ3) is 3.88. The zero-order valence-electron chi connectivity index (χ0n) is 14.7. The van der Waals surface area contributed by atoms with Crippen LogP contribution < -0.4 is 14.2 Å². The predicted octanol–water partition coefficient (Wildman–Crippen LogP) is 1.73. The number of hydrogen-bond acceptors (Lipinski definition) is 7. The van der Waals surface area contributed by atoms with Crippen molar-refractivity contribution in [2.45, 2.75) is 23.8 Å². The van der Waals surface area contributed by atoms with Crippen LogP contribution in [0.1, 0.15) is 12.8 Å². The number of aromatic nitrogens is 2. The van der Waals surface area contributed by atoms with Gasteiger partial charge in [-0.3, -0.25) is 0 Å². The van der Waals surface area contributed by atoms with E-state index in [2.05, 4.69) is 9.97 Å². The van der Waals surface area contributed by atoms with Crippen LogP contribution in [0.2, 0.25) is 0 Å². The Balaban J connectivity index is 1.74. The van der Waals surface area contributed by atoms with Gasteiger partial charge in [0.15, 0.2) is 0 Å². The maximum Gasteiger partial charge on any atom is 0.278 e. The van der Waals surface area contributed by atoms with Gasteiger partial charge in [0.2, 0.25) is 10.0 Å². The van der Waals surface area contributed by atoms with Gasteiger partial charge in [0.05, 0.1) is 25.7 Å². The number of sulfonamides is 1. The zero-order valence-corrected chi connectivity index (χ0v) is 15.5. The van der Waals surface area contributed by atoms with Crippen molar-refractivity contribution in [3.63, 3.8) is 0 Å². The fraction of sp³-hybridized carbons (Fsp3) is 0.412. The Hall–Kier alpha value is -2.39. The van der Waals surface area contributed by atoms with E-state index in [0.29, 0.717) is 18.7 Å². The number of ether oxygens (including phenoxy) is 3. The minimum atomic E-state index is -3.60. The molecule has 3 rings (SSSR count). The maximum absolute atomic E-state index is 12.9. The predicted molar refractivity (Wildman–Crippen MR) is 94.0 cm³/mol. The average Bonchev–Trinajstić information content (AvgIpc) is 2.68. The third-order valence-corrected chi connectivity index (χ3v) is 6.02. The molecule has 1 aliphatic rings. The van der Waals surface area contributed by atoms with Gasteiger partial charge in [-0.25, -0.2) is 18.4 Å². The van der Waals surface area contributed by atoms with E-state index >= 15 is 0 Å². The summed E-state index contributed by atoms with van der Waals surface area (Å²) in [7, 11) is -0.575. The van der Waals surface area contributed by atoms with E-state index < -0.39 is 10.0 Å². The van der Waals surface area contributed by atoms with Gasteiger partial charge in [0, 0.05) is 18.9 Å². The molecule has 0 amide bonds. The van der Waals surface area contributed by atoms with Gasteiger partial charge in [0.1, 0.15) is 11.9 Å². The highest BCUT2D eigenvalue weighted by Gasteiger charge is 2.32. The first kappa shape index (κ1) is 18.4. The highest BCUT2D eigenvalue weighted by Crippen LogP contribution is 2.27. The van der Waals surface area contributed by atoms with Crippen molar-refractivity contribution in [3.05, 3.63) is 36.7 Å². The molecule has 1 saturated heterocycles. The topological polar surface area (TPSA) is 90.9 Å². The van der Waals surface area contributed by atoms with Crippen LogP contribution in [0.3, 0.4) is 0 Å². The summed E-state index contributed by atoms with van der Waals surface area (Å²) < 4.78 is 43.3. The first-order chi connectivity index (χ1) is 12.5. The largest absolute Gasteiger partial charge is 0.497 e. The summed E-state index contributed by atoms with van der Waals surface area (Å²) in [5, 5.41) is 0. The van der Waals surface area contributed by atoms with E-state index in [1.807, 2.05) is 0 Å². The zero-order chi connectivity index (χ0) is 18.6. The molecule has 1 unspecified atom stereocenters. The van der Waals surface area contributed by atoms with E-state index in [1.165, 1.54) is 30.9 Å². The van der Waals surface area contributed by atoms with Gasteiger partial charge in [-0.15, -0.1) is 0 Å². The fourth-order valence-corrected chi connectivity index (χ4v) is 4.32. The van der Waals surface area contributed by atoms with Crippen molar-refractivity contribution in [1.29, 1.82) is 0 Å². The first-order valence-electron chi connectivity index (χ1n) is 8.20. The lowest BCUT2D eigenvalue weighted by atomic mass is 10.1. The first-order valence-corrected chi connectivity index (χ1v) is 9.64. The van der Waals surface area contributed by atoms with Crippen LogP contribution in [0, 0.1) is 0 Å². The standard InChI is InChI=1S/C17H21N3O5S/c1-23-13-5-7-15(8-6-13)26(21,22)20-11-3-4-14(12-20)25-17-16(24-2)18-9-10-19-17/h5-10,14H,3-4,11-12H2,1-2H3. The lowest BCUT2D eigenvalue weighted by Gasteiger charge is -2.31. The van der Waals surface area contributed by atoms with Gasteiger partial charge in [-0.2, -0.15) is 4.31 Å². The van der Waals surface area contributed by atoms with Crippen LogP contribution in [0.15, 0.2) is 41.6 Å². The van der Waals surface area contributed by atoms with Crippen LogP contribution in [0.4, 0.5) is 0 Å². The van der Waals surface area contributed by atoms with Crippen LogP contribution in [0.25, 0.3) is 0 Å². The number of rotatable bonds is 6. The Bertz CT molecular complexity index is 842. The summed E-state index contributed by atoms with van der Waals surface area (Å²) in [4.78, 5) is 8.39. The highest BCUT2D eigenvalue weighted by atomic mass is 32.2. The van der Waals surface area contributed by atoms with Crippen LogP contribution in [-0.2, 0) is 10.0 Å². The summed E-state index contributed by atoms with van der Waals surface area (Å²) in [6.07, 6.45) is 4.12. The third-order valence-electron chi connectivity index (χ3n) is 4.14. The van der Waals surface area contributed by atoms with Crippen LogP contribution in [-0.4, -0.2) is 56.1 Å². The Morgan fingerprint density at radius 3 is 2.38 bits per heavy atom. The minimum Gasteiger partial charge on any atom is -0.497 e. The highest BCUT2D eigenvalue weighted by molar-refractivity contribution is 7.89. The van der Waals surface area contributed by atoms with Gasteiger partial charge >= 0.3 is 0 Å². The van der Waals surface area contributed by atoms with Crippen LogP contribution in [0.5, 0.6) is 17.5 Å². The molecule has 0 N–H and O–H groups in total. The molecule has 9 heteroatoms. The van der Waals surface area contributed by atoms with Crippen molar-refractivity contribution in [2.24, 2.45) is 0 Å². The van der Waals surface area contributed by atoms with Crippen molar-refractivity contribution < 1.29 is 22.6 Å². The second kappa shape index (κ2) is 7.88. The summed E-state index contributed by atoms with van der Waals surface area (Å²) in [6, 6.07) is 6.36. The monoisotopic (exact) mass is 379 g/mol.